The molecule has 0 spiro atoms. The van der Waals surface area contributed by atoms with Crippen molar-refractivity contribution in [3.63, 3.8) is 0 Å². The third-order valence-corrected chi connectivity index (χ3v) is 6.50. The van der Waals surface area contributed by atoms with Gasteiger partial charge in [-0.05, 0) is 19.1 Å². The number of hydrogen-bond donors (Lipinski definition) is 0. The zero-order chi connectivity index (χ0) is 14.2. The van der Waals surface area contributed by atoms with E-state index in [1.54, 1.807) is 25.1 Å². The third-order valence-electron chi connectivity index (χ3n) is 3.03. The summed E-state index contributed by atoms with van der Waals surface area (Å²) >= 11 is 1.21. The Balaban J connectivity index is 1.89. The van der Waals surface area contributed by atoms with Crippen LogP contribution < -0.4 is 0 Å². The van der Waals surface area contributed by atoms with Crippen LogP contribution in [0.15, 0.2) is 26.9 Å². The molecule has 3 heterocycles. The first-order valence-electron chi connectivity index (χ1n) is 6.19. The molecule has 0 atom stereocenters. The fraction of sp³-hybridized carbons (Fsp3) is 0.417. The predicted octanol–water partition coefficient (Wildman–Crippen LogP) is 1.73. The van der Waals surface area contributed by atoms with Crippen molar-refractivity contribution in [1.82, 2.24) is 9.46 Å². The Kier molecular flexibility index (Phi) is 3.63. The highest BCUT2D eigenvalue weighted by atomic mass is 32.2. The Hall–Kier alpha value is -1.22. The molecule has 0 amide bonds. The summed E-state index contributed by atoms with van der Waals surface area (Å²) < 4.78 is 36.9. The molecule has 0 aliphatic carbocycles. The molecule has 0 aromatic carbocycles. The molecule has 3 rings (SSSR count). The van der Waals surface area contributed by atoms with Gasteiger partial charge in [-0.15, -0.1) is 11.3 Å². The number of ether oxygens (including phenoxy) is 1. The van der Waals surface area contributed by atoms with Crippen molar-refractivity contribution in [2.45, 2.75) is 11.1 Å². The van der Waals surface area contributed by atoms with E-state index in [2.05, 4.69) is 5.16 Å². The molecular formula is C12H14N2O4S2. The van der Waals surface area contributed by atoms with Gasteiger partial charge in [-0.25, -0.2) is 8.42 Å². The minimum absolute atomic E-state index is 0.329. The summed E-state index contributed by atoms with van der Waals surface area (Å²) in [7, 11) is -3.43. The highest BCUT2D eigenvalue weighted by molar-refractivity contribution is 7.91. The van der Waals surface area contributed by atoms with Crippen molar-refractivity contribution >= 4 is 21.4 Å². The molecule has 1 saturated heterocycles. The quantitative estimate of drug-likeness (QED) is 0.862. The summed E-state index contributed by atoms with van der Waals surface area (Å²) in [5.74, 6) is 0.700. The number of aryl methyl sites for hydroxylation is 1. The van der Waals surface area contributed by atoms with Gasteiger partial charge in [0.2, 0.25) is 0 Å². The van der Waals surface area contributed by atoms with Crippen molar-refractivity contribution in [2.75, 3.05) is 26.3 Å². The van der Waals surface area contributed by atoms with Gasteiger partial charge >= 0.3 is 0 Å². The standard InChI is InChI=1S/C12H14N2O4S2/c1-9-8-10(13-18-9)11-2-3-12(19-11)20(15,16)14-4-6-17-7-5-14/h2-3,8H,4-7H2,1H3. The van der Waals surface area contributed by atoms with Crippen LogP contribution in [0.3, 0.4) is 0 Å². The Morgan fingerprint density at radius 2 is 2.05 bits per heavy atom. The molecule has 1 aliphatic rings. The van der Waals surface area contributed by atoms with Gasteiger partial charge in [-0.3, -0.25) is 0 Å². The fourth-order valence-corrected chi connectivity index (χ4v) is 4.81. The van der Waals surface area contributed by atoms with E-state index in [1.807, 2.05) is 0 Å². The van der Waals surface area contributed by atoms with Crippen LogP contribution in [-0.4, -0.2) is 44.2 Å². The highest BCUT2D eigenvalue weighted by Gasteiger charge is 2.28. The third kappa shape index (κ3) is 2.51. The molecule has 0 N–H and O–H groups in total. The summed E-state index contributed by atoms with van der Waals surface area (Å²) in [6, 6.07) is 5.17. The van der Waals surface area contributed by atoms with Crippen LogP contribution >= 0.6 is 11.3 Å². The van der Waals surface area contributed by atoms with Gasteiger partial charge in [0.25, 0.3) is 10.0 Å². The maximum Gasteiger partial charge on any atom is 0.252 e. The largest absolute Gasteiger partial charge is 0.379 e. The van der Waals surface area contributed by atoms with E-state index in [1.165, 1.54) is 15.6 Å². The molecule has 0 unspecified atom stereocenters. The fourth-order valence-electron chi connectivity index (χ4n) is 1.99. The van der Waals surface area contributed by atoms with E-state index in [-0.39, 0.29) is 0 Å². The Labute approximate surface area is 121 Å². The Bertz CT molecular complexity index is 699. The lowest BCUT2D eigenvalue weighted by Crippen LogP contribution is -2.40. The minimum Gasteiger partial charge on any atom is -0.379 e. The average Bonchev–Trinajstić information content (AvgIpc) is 3.08. The van der Waals surface area contributed by atoms with Crippen LogP contribution in [0, 0.1) is 6.92 Å². The number of aromatic nitrogens is 1. The number of thiophene rings is 1. The number of sulfonamides is 1. The zero-order valence-electron chi connectivity index (χ0n) is 10.9. The molecule has 0 radical (unpaired) electrons. The highest BCUT2D eigenvalue weighted by Crippen LogP contribution is 2.32. The number of hydrogen-bond acceptors (Lipinski definition) is 6. The van der Waals surface area contributed by atoms with E-state index < -0.39 is 10.0 Å². The van der Waals surface area contributed by atoms with Gasteiger partial charge in [0, 0.05) is 19.2 Å². The molecule has 1 fully saturated rings. The van der Waals surface area contributed by atoms with E-state index in [4.69, 9.17) is 9.26 Å². The number of morpholine rings is 1. The summed E-state index contributed by atoms with van der Waals surface area (Å²) in [5.41, 5.74) is 0.663. The maximum atomic E-state index is 12.5. The number of nitrogens with zero attached hydrogens (tertiary/aromatic N) is 2. The van der Waals surface area contributed by atoms with Gasteiger partial charge in [0.05, 0.1) is 18.1 Å². The van der Waals surface area contributed by atoms with Crippen molar-refractivity contribution in [1.29, 1.82) is 0 Å². The van der Waals surface area contributed by atoms with Crippen LogP contribution in [0.2, 0.25) is 0 Å². The second kappa shape index (κ2) is 5.28. The van der Waals surface area contributed by atoms with Gasteiger partial charge in [-0.2, -0.15) is 4.31 Å². The molecule has 1 aliphatic heterocycles. The molecule has 2 aromatic rings. The molecule has 8 heteroatoms. The molecular weight excluding hydrogens is 300 g/mol. The van der Waals surface area contributed by atoms with E-state index >= 15 is 0 Å². The molecule has 0 bridgehead atoms. The monoisotopic (exact) mass is 314 g/mol. The van der Waals surface area contributed by atoms with Crippen molar-refractivity contribution in [2.24, 2.45) is 0 Å². The van der Waals surface area contributed by atoms with E-state index in [0.717, 1.165) is 4.88 Å². The van der Waals surface area contributed by atoms with Gasteiger partial charge in [-0.1, -0.05) is 5.16 Å². The van der Waals surface area contributed by atoms with Crippen LogP contribution in [-0.2, 0) is 14.8 Å². The summed E-state index contributed by atoms with van der Waals surface area (Å²) in [6.45, 7) is 3.49. The smallest absolute Gasteiger partial charge is 0.252 e. The van der Waals surface area contributed by atoms with E-state index in [0.29, 0.717) is 42.0 Å². The van der Waals surface area contributed by atoms with Crippen LogP contribution in [0.5, 0.6) is 0 Å². The molecule has 108 valence electrons. The molecule has 6 nitrogen and oxygen atoms in total. The van der Waals surface area contributed by atoms with Crippen molar-refractivity contribution in [3.05, 3.63) is 24.0 Å². The lowest BCUT2D eigenvalue weighted by Gasteiger charge is -2.25. The normalized spacial score (nSPS) is 17.4. The van der Waals surface area contributed by atoms with Crippen molar-refractivity contribution < 1.29 is 17.7 Å². The first-order valence-corrected chi connectivity index (χ1v) is 8.44. The molecule has 20 heavy (non-hydrogen) atoms. The maximum absolute atomic E-state index is 12.5. The van der Waals surface area contributed by atoms with Crippen LogP contribution in [0.4, 0.5) is 0 Å². The second-order valence-electron chi connectivity index (χ2n) is 4.46. The van der Waals surface area contributed by atoms with Crippen LogP contribution in [0.1, 0.15) is 5.76 Å². The first-order chi connectivity index (χ1) is 9.57. The summed E-state index contributed by atoms with van der Waals surface area (Å²) in [4.78, 5) is 0.786. The second-order valence-corrected chi connectivity index (χ2v) is 7.71. The Morgan fingerprint density at radius 1 is 1.30 bits per heavy atom. The minimum atomic E-state index is -3.43. The van der Waals surface area contributed by atoms with Crippen LogP contribution in [0.25, 0.3) is 10.6 Å². The van der Waals surface area contributed by atoms with Gasteiger partial charge in [0.1, 0.15) is 15.7 Å². The van der Waals surface area contributed by atoms with Crippen molar-refractivity contribution in [3.8, 4) is 10.6 Å². The summed E-state index contributed by atoms with van der Waals surface area (Å²) in [5, 5.41) is 3.90. The molecule has 0 saturated carbocycles. The number of rotatable bonds is 3. The molecule has 2 aromatic heterocycles. The lowest BCUT2D eigenvalue weighted by atomic mass is 10.3. The summed E-state index contributed by atoms with van der Waals surface area (Å²) in [6.07, 6.45) is 0. The zero-order valence-corrected chi connectivity index (χ0v) is 12.5. The van der Waals surface area contributed by atoms with Gasteiger partial charge in [0.15, 0.2) is 0 Å². The SMILES string of the molecule is Cc1cc(-c2ccc(S(=O)(=O)N3CCOCC3)s2)no1. The van der Waals surface area contributed by atoms with Gasteiger partial charge < -0.3 is 9.26 Å². The van der Waals surface area contributed by atoms with E-state index in [9.17, 15) is 8.42 Å². The first kappa shape index (κ1) is 13.7. The topological polar surface area (TPSA) is 72.6 Å². The Morgan fingerprint density at radius 3 is 2.70 bits per heavy atom. The average molecular weight is 314 g/mol. The lowest BCUT2D eigenvalue weighted by molar-refractivity contribution is 0.0731. The predicted molar refractivity (Wildman–Crippen MR) is 74.1 cm³/mol.